The molecular formula is C16H20N4OS2. The number of amides is 1. The molecule has 0 unspecified atom stereocenters. The van der Waals surface area contributed by atoms with Gasteiger partial charge in [-0.3, -0.25) is 4.79 Å². The lowest BCUT2D eigenvalue weighted by Gasteiger charge is -2.28. The zero-order valence-corrected chi connectivity index (χ0v) is 14.7. The average molecular weight is 348 g/mol. The van der Waals surface area contributed by atoms with E-state index in [0.29, 0.717) is 0 Å². The minimum Gasteiger partial charge on any atom is -0.372 e. The minimum atomic E-state index is -0.204. The summed E-state index contributed by atoms with van der Waals surface area (Å²) in [6, 6.07) is 8.13. The number of nitrogens with one attached hydrogen (secondary N) is 1. The fourth-order valence-corrected chi connectivity index (χ4v) is 4.20. The number of benzene rings is 1. The van der Waals surface area contributed by atoms with Gasteiger partial charge < -0.3 is 10.2 Å². The molecule has 122 valence electrons. The van der Waals surface area contributed by atoms with Gasteiger partial charge in [-0.2, -0.15) is 0 Å². The third-order valence-electron chi connectivity index (χ3n) is 3.84. The van der Waals surface area contributed by atoms with Gasteiger partial charge in [-0.25, -0.2) is 0 Å². The van der Waals surface area contributed by atoms with Crippen LogP contribution in [0, 0.1) is 0 Å². The van der Waals surface area contributed by atoms with E-state index >= 15 is 0 Å². The number of thioether (sulfide) groups is 1. The highest BCUT2D eigenvalue weighted by Gasteiger charge is 2.16. The zero-order chi connectivity index (χ0) is 16.1. The van der Waals surface area contributed by atoms with Crippen LogP contribution in [-0.4, -0.2) is 34.4 Å². The molecule has 1 atom stereocenters. The van der Waals surface area contributed by atoms with Crippen LogP contribution < -0.4 is 10.2 Å². The van der Waals surface area contributed by atoms with Crippen LogP contribution in [0.5, 0.6) is 0 Å². The molecule has 0 bridgehead atoms. The first kappa shape index (κ1) is 16.3. The number of hydrogen-bond donors (Lipinski definition) is 1. The SMILES string of the molecule is C[C@@H](Sc1nncs1)C(=O)Nc1ccc(N2CCCCC2)cc1. The van der Waals surface area contributed by atoms with Crippen LogP contribution >= 0.6 is 23.1 Å². The van der Waals surface area contributed by atoms with Crippen molar-refractivity contribution < 1.29 is 4.79 Å². The second-order valence-electron chi connectivity index (χ2n) is 5.55. The van der Waals surface area contributed by atoms with E-state index in [1.807, 2.05) is 19.1 Å². The largest absolute Gasteiger partial charge is 0.372 e. The molecule has 0 aliphatic carbocycles. The minimum absolute atomic E-state index is 0.0177. The summed E-state index contributed by atoms with van der Waals surface area (Å²) in [6.45, 7) is 4.13. The number of hydrogen-bond acceptors (Lipinski definition) is 6. The van der Waals surface area contributed by atoms with Crippen LogP contribution in [-0.2, 0) is 4.79 Å². The van der Waals surface area contributed by atoms with E-state index in [-0.39, 0.29) is 11.2 Å². The topological polar surface area (TPSA) is 58.1 Å². The van der Waals surface area contributed by atoms with Gasteiger partial charge in [-0.15, -0.1) is 10.2 Å². The molecule has 0 spiro atoms. The van der Waals surface area contributed by atoms with Crippen molar-refractivity contribution in [2.75, 3.05) is 23.3 Å². The molecule has 0 radical (unpaired) electrons. The molecule has 1 aromatic heterocycles. The second-order valence-corrected chi connectivity index (χ2v) is 7.97. The normalized spacial score (nSPS) is 16.1. The number of carbonyl (C=O) groups is 1. The fraction of sp³-hybridized carbons (Fsp3) is 0.438. The van der Waals surface area contributed by atoms with E-state index in [1.54, 1.807) is 5.51 Å². The first-order chi connectivity index (χ1) is 11.2. The quantitative estimate of drug-likeness (QED) is 0.836. The van der Waals surface area contributed by atoms with Crippen LogP contribution in [0.2, 0.25) is 0 Å². The summed E-state index contributed by atoms with van der Waals surface area (Å²) in [5, 5.41) is 10.5. The van der Waals surface area contributed by atoms with Crippen LogP contribution in [0.3, 0.4) is 0 Å². The highest BCUT2D eigenvalue weighted by molar-refractivity contribution is 8.02. The molecule has 5 nitrogen and oxygen atoms in total. The van der Waals surface area contributed by atoms with E-state index in [9.17, 15) is 4.79 Å². The Bertz CT molecular complexity index is 624. The first-order valence-corrected chi connectivity index (χ1v) is 9.57. The highest BCUT2D eigenvalue weighted by atomic mass is 32.2. The van der Waals surface area contributed by atoms with Gasteiger partial charge in [0.1, 0.15) is 5.51 Å². The lowest BCUT2D eigenvalue weighted by atomic mass is 10.1. The summed E-state index contributed by atoms with van der Waals surface area (Å²) >= 11 is 2.88. The summed E-state index contributed by atoms with van der Waals surface area (Å²) in [6.07, 6.45) is 3.85. The maximum atomic E-state index is 12.2. The number of piperidine rings is 1. The Kier molecular flexibility index (Phi) is 5.51. The van der Waals surface area contributed by atoms with Gasteiger partial charge in [-0.1, -0.05) is 23.1 Å². The molecule has 1 N–H and O–H groups in total. The van der Waals surface area contributed by atoms with Crippen LogP contribution in [0.15, 0.2) is 34.1 Å². The molecule has 7 heteroatoms. The molecule has 1 aliphatic heterocycles. The first-order valence-electron chi connectivity index (χ1n) is 7.81. The summed E-state index contributed by atoms with van der Waals surface area (Å²) in [5.74, 6) is -0.0177. The van der Waals surface area contributed by atoms with Crippen molar-refractivity contribution in [3.8, 4) is 0 Å². The lowest BCUT2D eigenvalue weighted by molar-refractivity contribution is -0.115. The Morgan fingerprint density at radius 3 is 2.65 bits per heavy atom. The van der Waals surface area contributed by atoms with Crippen molar-refractivity contribution in [3.05, 3.63) is 29.8 Å². The number of rotatable bonds is 5. The molecule has 1 amide bonds. The predicted octanol–water partition coefficient (Wildman–Crippen LogP) is 3.65. The molecule has 1 aliphatic rings. The Morgan fingerprint density at radius 1 is 1.26 bits per heavy atom. The molecule has 1 fully saturated rings. The molecule has 2 aromatic rings. The lowest BCUT2D eigenvalue weighted by Crippen LogP contribution is -2.29. The van der Waals surface area contributed by atoms with Crippen molar-refractivity contribution in [1.82, 2.24) is 10.2 Å². The van der Waals surface area contributed by atoms with Crippen LogP contribution in [0.1, 0.15) is 26.2 Å². The summed E-state index contributed by atoms with van der Waals surface area (Å²) in [7, 11) is 0. The molecule has 2 heterocycles. The standard InChI is InChI=1S/C16H20N4OS2/c1-12(23-16-19-17-11-22-16)15(21)18-13-5-7-14(8-6-13)20-9-3-2-4-10-20/h5-8,11-12H,2-4,9-10H2,1H3,(H,18,21)/t12-/m1/s1. The number of anilines is 2. The Morgan fingerprint density at radius 2 is 2.00 bits per heavy atom. The Hall–Kier alpha value is -1.60. The van der Waals surface area contributed by atoms with Gasteiger partial charge in [0.05, 0.1) is 5.25 Å². The van der Waals surface area contributed by atoms with E-state index < -0.39 is 0 Å². The van der Waals surface area contributed by atoms with Crippen LogP contribution in [0.25, 0.3) is 0 Å². The van der Waals surface area contributed by atoms with Crippen molar-refractivity contribution >= 4 is 40.4 Å². The number of aromatic nitrogens is 2. The fourth-order valence-electron chi connectivity index (χ4n) is 2.57. The van der Waals surface area contributed by atoms with E-state index in [1.165, 1.54) is 48.0 Å². The van der Waals surface area contributed by atoms with Crippen molar-refractivity contribution in [2.45, 2.75) is 35.8 Å². The Balaban J connectivity index is 1.55. The van der Waals surface area contributed by atoms with Gasteiger partial charge in [0, 0.05) is 24.5 Å². The van der Waals surface area contributed by atoms with Crippen LogP contribution in [0.4, 0.5) is 11.4 Å². The maximum Gasteiger partial charge on any atom is 0.237 e. The maximum absolute atomic E-state index is 12.2. The molecule has 3 rings (SSSR count). The van der Waals surface area contributed by atoms with Gasteiger partial charge in [0.2, 0.25) is 5.91 Å². The third-order valence-corrected chi connectivity index (χ3v) is 5.75. The van der Waals surface area contributed by atoms with Gasteiger partial charge in [-0.05, 0) is 50.5 Å². The highest BCUT2D eigenvalue weighted by Crippen LogP contribution is 2.26. The monoisotopic (exact) mass is 348 g/mol. The molecule has 0 saturated carbocycles. The van der Waals surface area contributed by atoms with Gasteiger partial charge in [0.25, 0.3) is 0 Å². The summed E-state index contributed by atoms with van der Waals surface area (Å²) < 4.78 is 0.813. The van der Waals surface area contributed by atoms with E-state index in [2.05, 4.69) is 32.5 Å². The van der Waals surface area contributed by atoms with Gasteiger partial charge >= 0.3 is 0 Å². The molecule has 1 saturated heterocycles. The van der Waals surface area contributed by atoms with Crippen molar-refractivity contribution in [1.29, 1.82) is 0 Å². The predicted molar refractivity (Wildman–Crippen MR) is 96.4 cm³/mol. The summed E-state index contributed by atoms with van der Waals surface area (Å²) in [5.41, 5.74) is 3.74. The van der Waals surface area contributed by atoms with Crippen molar-refractivity contribution in [2.24, 2.45) is 0 Å². The van der Waals surface area contributed by atoms with Gasteiger partial charge in [0.15, 0.2) is 4.34 Å². The van der Waals surface area contributed by atoms with E-state index in [0.717, 1.165) is 23.1 Å². The molecular weight excluding hydrogens is 328 g/mol. The zero-order valence-electron chi connectivity index (χ0n) is 13.1. The van der Waals surface area contributed by atoms with Crippen molar-refractivity contribution in [3.63, 3.8) is 0 Å². The average Bonchev–Trinajstić information content (AvgIpc) is 3.09. The van der Waals surface area contributed by atoms with E-state index in [4.69, 9.17) is 0 Å². The second kappa shape index (κ2) is 7.79. The third kappa shape index (κ3) is 4.45. The number of carbonyl (C=O) groups excluding carboxylic acids is 1. The summed E-state index contributed by atoms with van der Waals surface area (Å²) in [4.78, 5) is 14.6. The number of nitrogens with zero attached hydrogens (tertiary/aromatic N) is 3. The Labute approximate surface area is 144 Å². The smallest absolute Gasteiger partial charge is 0.237 e. The molecule has 23 heavy (non-hydrogen) atoms. The molecule has 1 aromatic carbocycles.